The monoisotopic (exact) mass is 375 g/mol. The number of nitrogens with one attached hydrogen (secondary N) is 1. The van der Waals surface area contributed by atoms with Crippen molar-refractivity contribution in [1.29, 1.82) is 0 Å². The van der Waals surface area contributed by atoms with E-state index in [-0.39, 0.29) is 25.0 Å². The van der Waals surface area contributed by atoms with Crippen molar-refractivity contribution in [3.63, 3.8) is 0 Å². The molecule has 0 unspecified atom stereocenters. The van der Waals surface area contributed by atoms with Gasteiger partial charge in [-0.25, -0.2) is 0 Å². The molecular formula is C23H37NO3. The van der Waals surface area contributed by atoms with E-state index in [1.54, 1.807) is 0 Å². The van der Waals surface area contributed by atoms with Crippen LogP contribution in [0.3, 0.4) is 0 Å². The Kier molecular flexibility index (Phi) is 8.78. The Balaban J connectivity index is 1.95. The quantitative estimate of drug-likeness (QED) is 0.518. The average molecular weight is 376 g/mol. The number of carbonyl (C=O) groups excluding carboxylic acids is 1. The van der Waals surface area contributed by atoms with Crippen LogP contribution in [0.5, 0.6) is 0 Å². The van der Waals surface area contributed by atoms with Crippen LogP contribution < -0.4 is 5.32 Å². The summed E-state index contributed by atoms with van der Waals surface area (Å²) in [5, 5.41) is 22.6. The molecule has 152 valence electrons. The van der Waals surface area contributed by atoms with Crippen LogP contribution in [0.15, 0.2) is 18.2 Å². The zero-order valence-electron chi connectivity index (χ0n) is 17.1. The normalized spacial score (nSPS) is 16.8. The van der Waals surface area contributed by atoms with Gasteiger partial charge in [0.05, 0.1) is 18.8 Å². The Morgan fingerprint density at radius 2 is 1.81 bits per heavy atom. The maximum Gasteiger partial charge on any atom is 0.217 e. The standard InChI is InChI=1S/C23H37NO3/c1-3-4-5-6-7-8-9-19-10-11-21-15-22(13-12-20(21)14-19)23(16-25,17-26)24-18(2)27/h10-11,14,22,25-26H,3-9,12-13,15-17H2,1-2H3,(H,24,27)/t22-/m0/s1. The van der Waals surface area contributed by atoms with E-state index in [0.717, 1.165) is 25.7 Å². The van der Waals surface area contributed by atoms with Crippen molar-refractivity contribution >= 4 is 5.91 Å². The third-order valence-electron chi connectivity index (χ3n) is 6.09. The number of unbranched alkanes of at least 4 members (excludes halogenated alkanes) is 5. The van der Waals surface area contributed by atoms with Gasteiger partial charge in [0.2, 0.25) is 5.91 Å². The first-order chi connectivity index (χ1) is 13.0. The fourth-order valence-electron chi connectivity index (χ4n) is 4.38. The van der Waals surface area contributed by atoms with Crippen LogP contribution in [-0.2, 0) is 24.1 Å². The Hall–Kier alpha value is -1.39. The highest BCUT2D eigenvalue weighted by atomic mass is 16.3. The van der Waals surface area contributed by atoms with Crippen molar-refractivity contribution in [3.8, 4) is 0 Å². The van der Waals surface area contributed by atoms with Crippen LogP contribution in [0.25, 0.3) is 0 Å². The van der Waals surface area contributed by atoms with Crippen molar-refractivity contribution in [1.82, 2.24) is 5.32 Å². The van der Waals surface area contributed by atoms with E-state index in [4.69, 9.17) is 0 Å². The highest BCUT2D eigenvalue weighted by Crippen LogP contribution is 2.33. The summed E-state index contributed by atoms with van der Waals surface area (Å²) in [4.78, 5) is 11.6. The molecule has 27 heavy (non-hydrogen) atoms. The number of aliphatic hydroxyl groups is 2. The fraction of sp³-hybridized carbons (Fsp3) is 0.696. The van der Waals surface area contributed by atoms with Gasteiger partial charge in [0.1, 0.15) is 0 Å². The van der Waals surface area contributed by atoms with Crippen molar-refractivity contribution in [2.24, 2.45) is 5.92 Å². The van der Waals surface area contributed by atoms with Crippen LogP contribution in [0.2, 0.25) is 0 Å². The smallest absolute Gasteiger partial charge is 0.217 e. The SMILES string of the molecule is CCCCCCCCc1ccc2c(c1)CC[C@H](C(CO)(CO)NC(C)=O)C2. The summed E-state index contributed by atoms with van der Waals surface area (Å²) in [5.74, 6) is -0.161. The Bertz CT molecular complexity index is 595. The molecule has 1 aliphatic carbocycles. The number of amides is 1. The maximum atomic E-state index is 11.6. The summed E-state index contributed by atoms with van der Waals surface area (Å²) in [5.41, 5.74) is 3.16. The van der Waals surface area contributed by atoms with Crippen molar-refractivity contribution in [2.45, 2.75) is 83.6 Å². The van der Waals surface area contributed by atoms with E-state index in [1.165, 1.54) is 62.1 Å². The Morgan fingerprint density at radius 3 is 2.48 bits per heavy atom. The summed E-state index contributed by atoms with van der Waals surface area (Å²) in [6.07, 6.45) is 11.6. The minimum Gasteiger partial charge on any atom is -0.394 e. The summed E-state index contributed by atoms with van der Waals surface area (Å²) in [7, 11) is 0. The number of fused-ring (bicyclic) bond motifs is 1. The van der Waals surface area contributed by atoms with Gasteiger partial charge >= 0.3 is 0 Å². The molecule has 0 bridgehead atoms. The molecule has 0 aromatic heterocycles. The zero-order valence-corrected chi connectivity index (χ0v) is 17.1. The van der Waals surface area contributed by atoms with Crippen LogP contribution in [0.4, 0.5) is 0 Å². The molecule has 2 rings (SSSR count). The second-order valence-electron chi connectivity index (χ2n) is 8.21. The number of hydrogen-bond donors (Lipinski definition) is 3. The van der Waals surface area contributed by atoms with Crippen molar-refractivity contribution in [2.75, 3.05) is 13.2 Å². The van der Waals surface area contributed by atoms with Crippen LogP contribution >= 0.6 is 0 Å². The Morgan fingerprint density at radius 1 is 1.11 bits per heavy atom. The molecule has 1 atom stereocenters. The van der Waals surface area contributed by atoms with Crippen molar-refractivity contribution < 1.29 is 15.0 Å². The largest absolute Gasteiger partial charge is 0.394 e. The molecule has 1 aromatic carbocycles. The second kappa shape index (κ2) is 10.8. The van der Waals surface area contributed by atoms with E-state index in [0.29, 0.717) is 0 Å². The van der Waals surface area contributed by atoms with Gasteiger partial charge < -0.3 is 15.5 Å². The fourth-order valence-corrected chi connectivity index (χ4v) is 4.38. The lowest BCUT2D eigenvalue weighted by Gasteiger charge is -2.41. The van der Waals surface area contributed by atoms with Gasteiger partial charge in [0.25, 0.3) is 0 Å². The minimum absolute atomic E-state index is 0.0494. The molecule has 0 spiro atoms. The second-order valence-corrected chi connectivity index (χ2v) is 8.21. The summed E-state index contributed by atoms with van der Waals surface area (Å²) in [6, 6.07) is 6.78. The third kappa shape index (κ3) is 6.05. The zero-order chi connectivity index (χ0) is 19.7. The molecule has 0 saturated heterocycles. The van der Waals surface area contributed by atoms with Crippen LogP contribution in [0.1, 0.15) is 75.5 Å². The molecule has 0 aliphatic heterocycles. The summed E-state index contributed by atoms with van der Waals surface area (Å²) >= 11 is 0. The van der Waals surface area contributed by atoms with Gasteiger partial charge in [-0.2, -0.15) is 0 Å². The molecule has 1 aromatic rings. The Labute approximate surface area is 164 Å². The molecule has 0 heterocycles. The molecule has 1 amide bonds. The van der Waals surface area contributed by atoms with Gasteiger partial charge in [-0.15, -0.1) is 0 Å². The first-order valence-electron chi connectivity index (χ1n) is 10.7. The van der Waals surface area contributed by atoms with Crippen LogP contribution in [-0.4, -0.2) is 34.9 Å². The predicted molar refractivity (Wildman–Crippen MR) is 110 cm³/mol. The van der Waals surface area contributed by atoms with E-state index in [9.17, 15) is 15.0 Å². The van der Waals surface area contributed by atoms with Gasteiger partial charge in [-0.1, -0.05) is 57.2 Å². The summed E-state index contributed by atoms with van der Waals surface area (Å²) < 4.78 is 0. The summed E-state index contributed by atoms with van der Waals surface area (Å²) in [6.45, 7) is 3.21. The molecule has 4 nitrogen and oxygen atoms in total. The molecular weight excluding hydrogens is 338 g/mol. The molecule has 4 heteroatoms. The number of hydrogen-bond acceptors (Lipinski definition) is 3. The van der Waals surface area contributed by atoms with E-state index in [2.05, 4.69) is 30.4 Å². The first kappa shape index (κ1) is 21.9. The molecule has 3 N–H and O–H groups in total. The van der Waals surface area contributed by atoms with Crippen molar-refractivity contribution in [3.05, 3.63) is 34.9 Å². The van der Waals surface area contributed by atoms with E-state index in [1.807, 2.05) is 0 Å². The lowest BCUT2D eigenvalue weighted by molar-refractivity contribution is -0.123. The highest BCUT2D eigenvalue weighted by molar-refractivity contribution is 5.74. The number of rotatable bonds is 11. The highest BCUT2D eigenvalue weighted by Gasteiger charge is 2.40. The average Bonchev–Trinajstić information content (AvgIpc) is 2.68. The third-order valence-corrected chi connectivity index (χ3v) is 6.09. The number of aliphatic hydroxyl groups excluding tert-OH is 2. The molecule has 0 radical (unpaired) electrons. The topological polar surface area (TPSA) is 69.6 Å². The van der Waals surface area contributed by atoms with E-state index >= 15 is 0 Å². The number of aryl methyl sites for hydroxylation is 2. The molecule has 0 saturated carbocycles. The number of carbonyl (C=O) groups is 1. The van der Waals surface area contributed by atoms with Gasteiger partial charge in [0, 0.05) is 6.92 Å². The lowest BCUT2D eigenvalue weighted by Crippen LogP contribution is -2.59. The predicted octanol–water partition coefficient (Wildman–Crippen LogP) is 3.55. The van der Waals surface area contributed by atoms with Gasteiger partial charge in [0.15, 0.2) is 0 Å². The lowest BCUT2D eigenvalue weighted by atomic mass is 9.72. The first-order valence-corrected chi connectivity index (χ1v) is 10.7. The molecule has 0 fully saturated rings. The van der Waals surface area contributed by atoms with Gasteiger partial charge in [-0.3, -0.25) is 4.79 Å². The van der Waals surface area contributed by atoms with Gasteiger partial charge in [-0.05, 0) is 54.7 Å². The maximum absolute atomic E-state index is 11.6. The number of benzene rings is 1. The minimum atomic E-state index is -0.930. The van der Waals surface area contributed by atoms with E-state index < -0.39 is 5.54 Å². The van der Waals surface area contributed by atoms with Crippen LogP contribution in [0, 0.1) is 5.92 Å². The molecule has 1 aliphatic rings.